The molecule has 0 aliphatic carbocycles. The van der Waals surface area contributed by atoms with Gasteiger partial charge in [0, 0.05) is 5.69 Å². The molecule has 0 amide bonds. The van der Waals surface area contributed by atoms with E-state index in [1.807, 2.05) is 18.2 Å². The number of carboxylic acids is 1. The van der Waals surface area contributed by atoms with Gasteiger partial charge in [-0.2, -0.15) is 0 Å². The number of para-hydroxylation sites is 1. The number of nitrogens with zero attached hydrogens (tertiary/aromatic N) is 1. The molecule has 0 saturated heterocycles. The molecule has 0 radical (unpaired) electrons. The minimum atomic E-state index is -1.10. The summed E-state index contributed by atoms with van der Waals surface area (Å²) in [6.45, 7) is 14.9. The molecule has 0 bridgehead atoms. The zero-order valence-electron chi connectivity index (χ0n) is 18.8. The van der Waals surface area contributed by atoms with Gasteiger partial charge in [0.05, 0.1) is 38.7 Å². The second-order valence-corrected chi connectivity index (χ2v) is 7.74. The zero-order chi connectivity index (χ0) is 21.1. The van der Waals surface area contributed by atoms with E-state index in [4.69, 9.17) is 0 Å². The predicted octanol–water partition coefficient (Wildman–Crippen LogP) is 4.85. The molecule has 0 saturated carbocycles. The van der Waals surface area contributed by atoms with E-state index in [1.54, 1.807) is 12.1 Å². The van der Waals surface area contributed by atoms with Crippen molar-refractivity contribution in [3.05, 3.63) is 30.3 Å². The van der Waals surface area contributed by atoms with Gasteiger partial charge in [-0.3, -0.25) is 0 Å². The molecular weight excluding hydrogens is 348 g/mol. The Morgan fingerprint density at radius 3 is 1.50 bits per heavy atom. The van der Waals surface area contributed by atoms with Crippen LogP contribution in [0, 0.1) is 0 Å². The van der Waals surface area contributed by atoms with E-state index in [0.717, 1.165) is 5.69 Å². The van der Waals surface area contributed by atoms with Crippen molar-refractivity contribution in [3.63, 3.8) is 0 Å². The molecule has 0 aliphatic heterocycles. The van der Waals surface area contributed by atoms with Crippen LogP contribution in [0.3, 0.4) is 0 Å². The number of aliphatic carboxylic acids is 1. The molecule has 1 N–H and O–H groups in total. The van der Waals surface area contributed by atoms with Gasteiger partial charge in [-0.25, -0.2) is 0 Å². The number of rotatable bonds is 15. The molecule has 1 aromatic rings. The number of hydrogen-bond donors (Lipinski definition) is 1. The number of quaternary nitrogens is 1. The molecule has 162 valence electrons. The maximum absolute atomic E-state index is 10.00. The Kier molecular flexibility index (Phi) is 16.6. The summed E-state index contributed by atoms with van der Waals surface area (Å²) in [5.41, 5.74) is 0.789. The minimum absolute atomic E-state index is 0.149. The van der Waals surface area contributed by atoms with E-state index >= 15 is 0 Å². The summed E-state index contributed by atoms with van der Waals surface area (Å²) in [7, 11) is 0. The first-order chi connectivity index (χ1) is 13.5. The van der Waals surface area contributed by atoms with Crippen molar-refractivity contribution >= 4 is 11.7 Å². The van der Waals surface area contributed by atoms with Gasteiger partial charge < -0.3 is 19.7 Å². The second kappa shape index (κ2) is 17.5. The molecule has 28 heavy (non-hydrogen) atoms. The Morgan fingerprint density at radius 1 is 0.786 bits per heavy atom. The quantitative estimate of drug-likeness (QED) is 0.434. The maximum atomic E-state index is 10.00. The number of carbonyl (C=O) groups excluding carboxylic acids is 1. The molecule has 1 aromatic carbocycles. The van der Waals surface area contributed by atoms with Gasteiger partial charge in [0.25, 0.3) is 0 Å². The molecule has 0 aromatic heterocycles. The third kappa shape index (κ3) is 13.6. The molecule has 0 unspecified atom stereocenters. The number of carboxylic acid groups (broad SMARTS) is 1. The van der Waals surface area contributed by atoms with E-state index in [9.17, 15) is 9.90 Å². The Labute approximate surface area is 173 Å². The Hall–Kier alpha value is -1.55. The fraction of sp³-hybridized carbons (Fsp3) is 0.708. The highest BCUT2D eigenvalue weighted by Gasteiger charge is 2.24. The SMILES string of the molecule is CCCC[N+](CCCC)(CCCC)CCCC.O=C([O-])CNc1ccccc1. The number of carbonyl (C=O) groups is 1. The van der Waals surface area contributed by atoms with Crippen molar-refractivity contribution in [1.29, 1.82) is 0 Å². The highest BCUT2D eigenvalue weighted by molar-refractivity contribution is 5.70. The van der Waals surface area contributed by atoms with Crippen LogP contribution in [0.1, 0.15) is 79.1 Å². The summed E-state index contributed by atoms with van der Waals surface area (Å²) in [5, 5.41) is 12.7. The van der Waals surface area contributed by atoms with Crippen LogP contribution in [0.15, 0.2) is 30.3 Å². The lowest BCUT2D eigenvalue weighted by Gasteiger charge is -2.39. The van der Waals surface area contributed by atoms with Gasteiger partial charge >= 0.3 is 0 Å². The van der Waals surface area contributed by atoms with Gasteiger partial charge in [0.2, 0.25) is 0 Å². The van der Waals surface area contributed by atoms with Crippen LogP contribution in [-0.2, 0) is 4.79 Å². The van der Waals surface area contributed by atoms with Gasteiger partial charge in [0.15, 0.2) is 0 Å². The zero-order valence-corrected chi connectivity index (χ0v) is 18.8. The monoisotopic (exact) mass is 392 g/mol. The number of unbranched alkanes of at least 4 members (excludes halogenated alkanes) is 4. The van der Waals surface area contributed by atoms with Gasteiger partial charge in [-0.05, 0) is 37.8 Å². The average molecular weight is 393 g/mol. The Balaban J connectivity index is 0.000000567. The summed E-state index contributed by atoms with van der Waals surface area (Å²) in [6, 6.07) is 9.12. The normalized spacial score (nSPS) is 10.9. The van der Waals surface area contributed by atoms with Crippen LogP contribution in [-0.4, -0.2) is 43.2 Å². The summed E-state index contributed by atoms with van der Waals surface area (Å²) in [4.78, 5) is 10.00. The minimum Gasteiger partial charge on any atom is -0.548 e. The highest BCUT2D eigenvalue weighted by atomic mass is 16.4. The molecule has 0 aliphatic rings. The standard InChI is InChI=1S/C16H36N.C8H9NO2/c1-5-9-13-17(14-10-6-2,15-11-7-3)16-12-8-4;10-8(11)6-9-7-4-2-1-3-5-7/h5-16H2,1-4H3;1-5,9H,6H2,(H,10,11)/q+1;/p-1. The largest absolute Gasteiger partial charge is 0.548 e. The first-order valence-electron chi connectivity index (χ1n) is 11.4. The van der Waals surface area contributed by atoms with Crippen molar-refractivity contribution < 1.29 is 14.4 Å². The summed E-state index contributed by atoms with van der Waals surface area (Å²) < 4.78 is 1.42. The van der Waals surface area contributed by atoms with E-state index in [-0.39, 0.29) is 6.54 Å². The summed E-state index contributed by atoms with van der Waals surface area (Å²) in [5.74, 6) is -1.10. The fourth-order valence-electron chi connectivity index (χ4n) is 3.38. The smallest absolute Gasteiger partial charge is 0.0786 e. The number of benzene rings is 1. The second-order valence-electron chi connectivity index (χ2n) is 7.74. The third-order valence-corrected chi connectivity index (χ3v) is 5.15. The van der Waals surface area contributed by atoms with Crippen LogP contribution in [0.2, 0.25) is 0 Å². The summed E-state index contributed by atoms with van der Waals surface area (Å²) in [6.07, 6.45) is 11.1. The van der Waals surface area contributed by atoms with Crippen molar-refractivity contribution in [1.82, 2.24) is 0 Å². The van der Waals surface area contributed by atoms with Crippen molar-refractivity contribution in [2.24, 2.45) is 0 Å². The topological polar surface area (TPSA) is 52.2 Å². The third-order valence-electron chi connectivity index (χ3n) is 5.15. The predicted molar refractivity (Wildman–Crippen MR) is 119 cm³/mol. The van der Waals surface area contributed by atoms with Crippen LogP contribution >= 0.6 is 0 Å². The number of nitrogens with one attached hydrogen (secondary N) is 1. The molecule has 0 spiro atoms. The van der Waals surface area contributed by atoms with E-state index in [0.29, 0.717) is 0 Å². The van der Waals surface area contributed by atoms with E-state index < -0.39 is 5.97 Å². The van der Waals surface area contributed by atoms with Crippen LogP contribution in [0.5, 0.6) is 0 Å². The van der Waals surface area contributed by atoms with E-state index in [2.05, 4.69) is 33.0 Å². The molecule has 1 rings (SSSR count). The lowest BCUT2D eigenvalue weighted by molar-refractivity contribution is -0.929. The van der Waals surface area contributed by atoms with Gasteiger partial charge in [0.1, 0.15) is 0 Å². The van der Waals surface area contributed by atoms with Gasteiger partial charge in [-0.15, -0.1) is 0 Å². The molecular formula is C24H44N2O2. The lowest BCUT2D eigenvalue weighted by Crippen LogP contribution is -2.50. The van der Waals surface area contributed by atoms with Crippen molar-refractivity contribution in [2.75, 3.05) is 38.0 Å². The van der Waals surface area contributed by atoms with Crippen LogP contribution < -0.4 is 10.4 Å². The maximum Gasteiger partial charge on any atom is 0.0786 e. The van der Waals surface area contributed by atoms with E-state index in [1.165, 1.54) is 82.0 Å². The van der Waals surface area contributed by atoms with Crippen molar-refractivity contribution in [3.8, 4) is 0 Å². The number of anilines is 1. The summed E-state index contributed by atoms with van der Waals surface area (Å²) >= 11 is 0. The Morgan fingerprint density at radius 2 is 1.18 bits per heavy atom. The van der Waals surface area contributed by atoms with Gasteiger partial charge in [-0.1, -0.05) is 71.6 Å². The molecule has 0 fully saturated rings. The lowest BCUT2D eigenvalue weighted by atomic mass is 10.1. The van der Waals surface area contributed by atoms with Crippen LogP contribution in [0.4, 0.5) is 5.69 Å². The highest BCUT2D eigenvalue weighted by Crippen LogP contribution is 2.16. The first kappa shape index (κ1) is 26.4. The molecule has 4 heteroatoms. The average Bonchev–Trinajstić information content (AvgIpc) is 2.72. The molecule has 0 heterocycles. The van der Waals surface area contributed by atoms with Crippen molar-refractivity contribution in [2.45, 2.75) is 79.1 Å². The Bertz CT molecular complexity index is 439. The number of hydrogen-bond acceptors (Lipinski definition) is 3. The first-order valence-corrected chi connectivity index (χ1v) is 11.4. The molecule has 0 atom stereocenters. The molecule has 4 nitrogen and oxygen atoms in total. The fourth-order valence-corrected chi connectivity index (χ4v) is 3.38. The van der Waals surface area contributed by atoms with Crippen LogP contribution in [0.25, 0.3) is 0 Å².